The first-order valence-corrected chi connectivity index (χ1v) is 9.41. The third kappa shape index (κ3) is 5.07. The number of methoxy groups -OCH3 is 1. The van der Waals surface area contributed by atoms with Crippen molar-refractivity contribution in [2.75, 3.05) is 33.4 Å². The Kier molecular flexibility index (Phi) is 6.97. The van der Waals surface area contributed by atoms with Gasteiger partial charge in [-0.15, -0.1) is 0 Å². The van der Waals surface area contributed by atoms with Crippen molar-refractivity contribution in [3.8, 4) is 5.75 Å². The van der Waals surface area contributed by atoms with E-state index in [0.29, 0.717) is 56.0 Å². The molecular formula is C21H25N3O4. The molecule has 2 amide bonds. The van der Waals surface area contributed by atoms with E-state index in [4.69, 9.17) is 9.47 Å². The van der Waals surface area contributed by atoms with Gasteiger partial charge in [0, 0.05) is 52.0 Å². The first kappa shape index (κ1) is 19.8. The smallest absolute Gasteiger partial charge is 0.255 e. The Balaban J connectivity index is 1.56. The Hall–Kier alpha value is -2.93. The fourth-order valence-corrected chi connectivity index (χ4v) is 3.15. The lowest BCUT2D eigenvalue weighted by Crippen LogP contribution is -2.42. The number of carbonyl (C=O) groups is 2. The van der Waals surface area contributed by atoms with Gasteiger partial charge < -0.3 is 19.7 Å². The molecule has 148 valence electrons. The van der Waals surface area contributed by atoms with Crippen LogP contribution in [-0.2, 0) is 4.74 Å². The number of ether oxygens (including phenoxy) is 2. The summed E-state index contributed by atoms with van der Waals surface area (Å²) in [4.78, 5) is 30.7. The Bertz CT molecular complexity index is 789. The summed E-state index contributed by atoms with van der Waals surface area (Å²) in [5.41, 5.74) is 1.10. The van der Waals surface area contributed by atoms with Gasteiger partial charge >= 0.3 is 0 Å². The standard InChI is InChI=1S/C21H25N3O4/c1-27-14-11-23-20(25)18-6-2-3-7-19(18)28-17-8-12-24(13-9-17)21(26)16-5-4-10-22-15-16/h2-7,10,15,17H,8-9,11-14H2,1H3,(H,23,25). The predicted molar refractivity (Wildman–Crippen MR) is 104 cm³/mol. The van der Waals surface area contributed by atoms with E-state index in [1.807, 2.05) is 17.0 Å². The van der Waals surface area contributed by atoms with E-state index in [2.05, 4.69) is 10.3 Å². The first-order valence-electron chi connectivity index (χ1n) is 9.41. The molecule has 0 aliphatic carbocycles. The molecule has 7 heteroatoms. The van der Waals surface area contributed by atoms with Gasteiger partial charge in [-0.3, -0.25) is 14.6 Å². The van der Waals surface area contributed by atoms with E-state index in [1.165, 1.54) is 0 Å². The molecule has 1 aromatic heterocycles. The highest BCUT2D eigenvalue weighted by atomic mass is 16.5. The molecule has 1 aliphatic heterocycles. The van der Waals surface area contributed by atoms with Crippen molar-refractivity contribution in [3.05, 3.63) is 59.9 Å². The first-order chi connectivity index (χ1) is 13.7. The van der Waals surface area contributed by atoms with Gasteiger partial charge in [-0.1, -0.05) is 12.1 Å². The number of nitrogens with one attached hydrogen (secondary N) is 1. The maximum absolute atomic E-state index is 12.5. The van der Waals surface area contributed by atoms with Crippen molar-refractivity contribution < 1.29 is 19.1 Å². The quantitative estimate of drug-likeness (QED) is 0.741. The van der Waals surface area contributed by atoms with Crippen LogP contribution in [0.3, 0.4) is 0 Å². The molecule has 2 aromatic rings. The van der Waals surface area contributed by atoms with Crippen LogP contribution in [0.2, 0.25) is 0 Å². The molecule has 0 radical (unpaired) electrons. The predicted octanol–water partition coefficient (Wildman–Crippen LogP) is 2.14. The van der Waals surface area contributed by atoms with Crippen molar-refractivity contribution in [1.82, 2.24) is 15.2 Å². The molecule has 0 unspecified atom stereocenters. The van der Waals surface area contributed by atoms with Crippen LogP contribution in [-0.4, -0.2) is 61.2 Å². The topological polar surface area (TPSA) is 80.8 Å². The summed E-state index contributed by atoms with van der Waals surface area (Å²) in [5.74, 6) is 0.371. The van der Waals surface area contributed by atoms with Crippen molar-refractivity contribution in [2.45, 2.75) is 18.9 Å². The molecule has 1 aromatic carbocycles. The average molecular weight is 383 g/mol. The number of aromatic nitrogens is 1. The van der Waals surface area contributed by atoms with Gasteiger partial charge in [0.1, 0.15) is 11.9 Å². The number of nitrogens with zero attached hydrogens (tertiary/aromatic N) is 2. The number of likely N-dealkylation sites (tertiary alicyclic amines) is 1. The van der Waals surface area contributed by atoms with E-state index in [0.717, 1.165) is 0 Å². The summed E-state index contributed by atoms with van der Waals surface area (Å²) >= 11 is 0. The van der Waals surface area contributed by atoms with Crippen molar-refractivity contribution in [3.63, 3.8) is 0 Å². The minimum Gasteiger partial charge on any atom is -0.489 e. The van der Waals surface area contributed by atoms with Gasteiger partial charge in [0.15, 0.2) is 0 Å². The zero-order valence-corrected chi connectivity index (χ0v) is 16.0. The molecule has 0 bridgehead atoms. The van der Waals surface area contributed by atoms with Crippen LogP contribution in [0.4, 0.5) is 0 Å². The summed E-state index contributed by atoms with van der Waals surface area (Å²) in [7, 11) is 1.59. The lowest BCUT2D eigenvalue weighted by atomic mass is 10.1. The number of amides is 2. The van der Waals surface area contributed by atoms with E-state index in [9.17, 15) is 9.59 Å². The van der Waals surface area contributed by atoms with E-state index < -0.39 is 0 Å². The molecule has 1 N–H and O–H groups in total. The van der Waals surface area contributed by atoms with Crippen LogP contribution in [0.1, 0.15) is 33.6 Å². The average Bonchev–Trinajstić information content (AvgIpc) is 2.75. The summed E-state index contributed by atoms with van der Waals surface area (Å²) in [5, 5.41) is 2.81. The Morgan fingerprint density at radius 3 is 2.68 bits per heavy atom. The summed E-state index contributed by atoms with van der Waals surface area (Å²) < 4.78 is 11.1. The molecule has 1 fully saturated rings. The highest BCUT2D eigenvalue weighted by Gasteiger charge is 2.25. The SMILES string of the molecule is COCCNC(=O)c1ccccc1OC1CCN(C(=O)c2cccnc2)CC1. The van der Waals surface area contributed by atoms with Crippen molar-refractivity contribution in [1.29, 1.82) is 0 Å². The van der Waals surface area contributed by atoms with E-state index in [-0.39, 0.29) is 17.9 Å². The van der Waals surface area contributed by atoms with E-state index in [1.54, 1.807) is 43.8 Å². The van der Waals surface area contributed by atoms with Crippen molar-refractivity contribution >= 4 is 11.8 Å². The molecule has 0 spiro atoms. The zero-order valence-electron chi connectivity index (χ0n) is 16.0. The van der Waals surface area contributed by atoms with Gasteiger partial charge in [-0.2, -0.15) is 0 Å². The molecule has 0 saturated carbocycles. The number of hydrogen-bond donors (Lipinski definition) is 1. The number of benzene rings is 1. The number of hydrogen-bond acceptors (Lipinski definition) is 5. The van der Waals surface area contributed by atoms with Crippen LogP contribution in [0.25, 0.3) is 0 Å². The second-order valence-corrected chi connectivity index (χ2v) is 6.60. The molecule has 7 nitrogen and oxygen atoms in total. The highest BCUT2D eigenvalue weighted by molar-refractivity contribution is 5.97. The molecule has 28 heavy (non-hydrogen) atoms. The lowest BCUT2D eigenvalue weighted by Gasteiger charge is -2.32. The zero-order chi connectivity index (χ0) is 19.8. The molecular weight excluding hydrogens is 358 g/mol. The normalized spacial score (nSPS) is 14.5. The Morgan fingerprint density at radius 1 is 1.18 bits per heavy atom. The minimum atomic E-state index is -0.183. The second kappa shape index (κ2) is 9.85. The van der Waals surface area contributed by atoms with Crippen LogP contribution in [0.5, 0.6) is 5.75 Å². The van der Waals surface area contributed by atoms with Crippen LogP contribution < -0.4 is 10.1 Å². The minimum absolute atomic E-state index is 0.00975. The summed E-state index contributed by atoms with van der Waals surface area (Å²) in [6.45, 7) is 2.12. The fourth-order valence-electron chi connectivity index (χ4n) is 3.15. The number of pyridine rings is 1. The number of carbonyl (C=O) groups excluding carboxylic acids is 2. The third-order valence-electron chi connectivity index (χ3n) is 4.65. The van der Waals surface area contributed by atoms with E-state index >= 15 is 0 Å². The largest absolute Gasteiger partial charge is 0.489 e. The monoisotopic (exact) mass is 383 g/mol. The third-order valence-corrected chi connectivity index (χ3v) is 4.65. The molecule has 3 rings (SSSR count). The summed E-state index contributed by atoms with van der Waals surface area (Å²) in [6, 6.07) is 10.8. The number of piperidine rings is 1. The molecule has 0 atom stereocenters. The molecule has 1 saturated heterocycles. The van der Waals surface area contributed by atoms with Gasteiger partial charge in [0.2, 0.25) is 0 Å². The van der Waals surface area contributed by atoms with Gasteiger partial charge in [-0.05, 0) is 24.3 Å². The Morgan fingerprint density at radius 2 is 1.96 bits per heavy atom. The van der Waals surface area contributed by atoms with Gasteiger partial charge in [0.25, 0.3) is 11.8 Å². The van der Waals surface area contributed by atoms with Gasteiger partial charge in [0.05, 0.1) is 17.7 Å². The van der Waals surface area contributed by atoms with Crippen LogP contribution >= 0.6 is 0 Å². The summed E-state index contributed by atoms with van der Waals surface area (Å²) in [6.07, 6.45) is 4.63. The maximum Gasteiger partial charge on any atom is 0.255 e. The lowest BCUT2D eigenvalue weighted by molar-refractivity contribution is 0.0593. The van der Waals surface area contributed by atoms with Crippen LogP contribution in [0, 0.1) is 0 Å². The Labute approximate surface area is 164 Å². The molecule has 2 heterocycles. The fraction of sp³-hybridized carbons (Fsp3) is 0.381. The highest BCUT2D eigenvalue weighted by Crippen LogP contribution is 2.23. The van der Waals surface area contributed by atoms with Crippen LogP contribution in [0.15, 0.2) is 48.8 Å². The van der Waals surface area contributed by atoms with Crippen molar-refractivity contribution in [2.24, 2.45) is 0 Å². The second-order valence-electron chi connectivity index (χ2n) is 6.60. The maximum atomic E-state index is 12.5. The van der Waals surface area contributed by atoms with Gasteiger partial charge in [-0.25, -0.2) is 0 Å². The number of rotatable bonds is 7. The molecule has 1 aliphatic rings. The number of para-hydroxylation sites is 1.